The molecule has 0 atom stereocenters. The van der Waals surface area contributed by atoms with Gasteiger partial charge in [-0.1, -0.05) is 18.2 Å². The lowest BCUT2D eigenvalue weighted by atomic mass is 10.2. The third-order valence-electron chi connectivity index (χ3n) is 3.39. The van der Waals surface area contributed by atoms with E-state index in [1.165, 1.54) is 18.1 Å². The van der Waals surface area contributed by atoms with Crippen LogP contribution in [0, 0.1) is 0 Å². The fraction of sp³-hybridized carbons (Fsp3) is 0.0588. The molecule has 1 heterocycles. The molecule has 1 fully saturated rings. The second-order valence-electron chi connectivity index (χ2n) is 4.90. The average molecular weight is 406 g/mol. The molecule has 0 unspecified atom stereocenters. The molecule has 0 aromatic heterocycles. The molecule has 1 N–H and O–H groups in total. The van der Waals surface area contributed by atoms with E-state index in [1.54, 1.807) is 42.5 Å². The number of benzene rings is 2. The van der Waals surface area contributed by atoms with Crippen LogP contribution >= 0.6 is 28.1 Å². The van der Waals surface area contributed by atoms with Crippen molar-refractivity contribution >= 4 is 51.0 Å². The highest BCUT2D eigenvalue weighted by atomic mass is 79.9. The topological polar surface area (TPSA) is 59.0 Å². The molecule has 1 aliphatic rings. The van der Waals surface area contributed by atoms with Gasteiger partial charge in [0.15, 0.2) is 5.76 Å². The smallest absolute Gasteiger partial charge is 0.301 e. The van der Waals surface area contributed by atoms with Crippen molar-refractivity contribution in [3.63, 3.8) is 0 Å². The van der Waals surface area contributed by atoms with Gasteiger partial charge in [0.2, 0.25) is 0 Å². The van der Waals surface area contributed by atoms with Crippen molar-refractivity contribution in [1.29, 1.82) is 0 Å². The van der Waals surface area contributed by atoms with Gasteiger partial charge in [0.25, 0.3) is 5.17 Å². The van der Waals surface area contributed by atoms with Gasteiger partial charge in [0, 0.05) is 0 Å². The molecule has 1 amide bonds. The third kappa shape index (κ3) is 3.00. The summed E-state index contributed by atoms with van der Waals surface area (Å²) in [4.78, 5) is 14.0. The van der Waals surface area contributed by atoms with Crippen LogP contribution < -0.4 is 9.64 Å². The third-order valence-corrected chi connectivity index (χ3v) is 4.29. The molecule has 3 rings (SSSR count). The van der Waals surface area contributed by atoms with Crippen molar-refractivity contribution in [2.24, 2.45) is 0 Å². The monoisotopic (exact) mass is 405 g/mol. The Balaban J connectivity index is 1.97. The van der Waals surface area contributed by atoms with Gasteiger partial charge in [0.05, 0.1) is 17.3 Å². The van der Waals surface area contributed by atoms with Gasteiger partial charge in [-0.25, -0.2) is 4.90 Å². The number of nitrogens with zero attached hydrogens (tertiary/aromatic N) is 1. The van der Waals surface area contributed by atoms with Crippen LogP contribution in [0.3, 0.4) is 0 Å². The zero-order valence-corrected chi connectivity index (χ0v) is 14.9. The Hall–Kier alpha value is -2.38. The van der Waals surface area contributed by atoms with Crippen molar-refractivity contribution < 1.29 is 19.4 Å². The highest BCUT2D eigenvalue weighted by Crippen LogP contribution is 2.34. The molecule has 5 nitrogen and oxygen atoms in total. The normalized spacial score (nSPS) is 15.8. The minimum atomic E-state index is -0.381. The lowest BCUT2D eigenvalue weighted by Gasteiger charge is -2.15. The standard InChI is InChI=1S/C17H12BrNO4S/c1-22-14-5-3-2-4-12(14)19-16(21)15(23-17(19)24)9-10-6-7-13(20)11(18)8-10/h2-9,20H,1H3/b15-9+. The first-order valence-electron chi connectivity index (χ1n) is 6.91. The Kier molecular flexibility index (Phi) is 4.55. The van der Waals surface area contributed by atoms with Crippen molar-refractivity contribution in [3.8, 4) is 11.5 Å². The summed E-state index contributed by atoms with van der Waals surface area (Å²) in [5.41, 5.74) is 1.21. The van der Waals surface area contributed by atoms with E-state index in [4.69, 9.17) is 21.7 Å². The number of rotatable bonds is 3. The van der Waals surface area contributed by atoms with Crippen molar-refractivity contribution in [2.75, 3.05) is 12.0 Å². The van der Waals surface area contributed by atoms with E-state index in [1.807, 2.05) is 0 Å². The number of hydrogen-bond acceptors (Lipinski definition) is 5. The molecule has 0 saturated carbocycles. The minimum absolute atomic E-state index is 0.0357. The van der Waals surface area contributed by atoms with Gasteiger partial charge in [-0.05, 0) is 64.1 Å². The highest BCUT2D eigenvalue weighted by molar-refractivity contribution is 9.10. The molecule has 0 spiro atoms. The zero-order valence-electron chi connectivity index (χ0n) is 12.5. The van der Waals surface area contributed by atoms with Crippen LogP contribution in [-0.4, -0.2) is 23.3 Å². The number of hydrogen-bond donors (Lipinski definition) is 1. The molecular formula is C17H12BrNO4S. The molecule has 0 bridgehead atoms. The maximum Gasteiger partial charge on any atom is 0.301 e. The summed E-state index contributed by atoms with van der Waals surface area (Å²) in [6.07, 6.45) is 1.56. The number of carbonyl (C=O) groups excluding carboxylic acids is 1. The summed E-state index contributed by atoms with van der Waals surface area (Å²) in [7, 11) is 1.52. The number of halogens is 1. The van der Waals surface area contributed by atoms with E-state index in [9.17, 15) is 9.90 Å². The van der Waals surface area contributed by atoms with Gasteiger partial charge in [0.1, 0.15) is 11.5 Å². The summed E-state index contributed by atoms with van der Waals surface area (Å²) >= 11 is 8.42. The molecule has 2 aromatic rings. The molecule has 0 aliphatic carbocycles. The number of aromatic hydroxyl groups is 1. The maximum atomic E-state index is 12.7. The number of phenolic OH excluding ortho intramolecular Hbond substituents is 1. The Bertz CT molecular complexity index is 865. The number of para-hydroxylation sites is 2. The predicted octanol–water partition coefficient (Wildman–Crippen LogP) is 3.85. The number of amides is 1. The number of thiocarbonyl (C=S) groups is 1. The number of methoxy groups -OCH3 is 1. The summed E-state index contributed by atoms with van der Waals surface area (Å²) in [6.45, 7) is 0. The lowest BCUT2D eigenvalue weighted by Crippen LogP contribution is -2.28. The molecule has 7 heteroatoms. The van der Waals surface area contributed by atoms with Crippen LogP contribution in [0.4, 0.5) is 5.69 Å². The minimum Gasteiger partial charge on any atom is -0.507 e. The largest absolute Gasteiger partial charge is 0.507 e. The summed E-state index contributed by atoms with van der Waals surface area (Å²) in [5.74, 6) is 0.351. The number of ether oxygens (including phenoxy) is 2. The molecule has 1 aliphatic heterocycles. The van der Waals surface area contributed by atoms with Crippen molar-refractivity contribution in [2.45, 2.75) is 0 Å². The Morgan fingerprint density at radius 1 is 1.29 bits per heavy atom. The van der Waals surface area contributed by atoms with Crippen molar-refractivity contribution in [1.82, 2.24) is 0 Å². The second-order valence-corrected chi connectivity index (χ2v) is 6.10. The van der Waals surface area contributed by atoms with Crippen LogP contribution in [0.5, 0.6) is 11.5 Å². The number of phenols is 1. The van der Waals surface area contributed by atoms with Crippen LogP contribution in [0.2, 0.25) is 0 Å². The van der Waals surface area contributed by atoms with E-state index in [0.29, 0.717) is 21.5 Å². The first-order chi connectivity index (χ1) is 11.5. The first kappa shape index (κ1) is 16.5. The average Bonchev–Trinajstić information content (AvgIpc) is 2.85. The van der Waals surface area contributed by atoms with Crippen LogP contribution in [0.1, 0.15) is 5.56 Å². The van der Waals surface area contributed by atoms with Gasteiger partial charge in [-0.3, -0.25) is 4.79 Å². The molecule has 24 heavy (non-hydrogen) atoms. The number of carbonyl (C=O) groups is 1. The molecule has 2 aromatic carbocycles. The Morgan fingerprint density at radius 2 is 2.04 bits per heavy atom. The van der Waals surface area contributed by atoms with Gasteiger partial charge in [-0.15, -0.1) is 0 Å². The highest BCUT2D eigenvalue weighted by Gasteiger charge is 2.36. The second kappa shape index (κ2) is 6.62. The van der Waals surface area contributed by atoms with Crippen molar-refractivity contribution in [3.05, 3.63) is 58.3 Å². The van der Waals surface area contributed by atoms with Crippen LogP contribution in [0.15, 0.2) is 52.7 Å². The molecular weight excluding hydrogens is 394 g/mol. The SMILES string of the molecule is COc1ccccc1N1C(=O)/C(=C\c2ccc(O)c(Br)c2)OC1=S. The van der Waals surface area contributed by atoms with E-state index in [2.05, 4.69) is 15.9 Å². The lowest BCUT2D eigenvalue weighted by molar-refractivity contribution is -0.114. The first-order valence-corrected chi connectivity index (χ1v) is 8.11. The van der Waals surface area contributed by atoms with E-state index >= 15 is 0 Å². The fourth-order valence-electron chi connectivity index (χ4n) is 2.25. The van der Waals surface area contributed by atoms with Gasteiger partial charge < -0.3 is 14.6 Å². The maximum absolute atomic E-state index is 12.7. The van der Waals surface area contributed by atoms with E-state index in [0.717, 1.165) is 0 Å². The Morgan fingerprint density at radius 3 is 2.75 bits per heavy atom. The van der Waals surface area contributed by atoms with E-state index < -0.39 is 0 Å². The fourth-order valence-corrected chi connectivity index (χ4v) is 2.92. The molecule has 1 saturated heterocycles. The predicted molar refractivity (Wildman–Crippen MR) is 97.9 cm³/mol. The van der Waals surface area contributed by atoms with Gasteiger partial charge >= 0.3 is 5.91 Å². The zero-order chi connectivity index (χ0) is 17.3. The molecule has 0 radical (unpaired) electrons. The van der Waals surface area contributed by atoms with Crippen LogP contribution in [0.25, 0.3) is 6.08 Å². The summed E-state index contributed by atoms with van der Waals surface area (Å²) in [5, 5.41) is 9.57. The molecule has 122 valence electrons. The Labute approximate surface area is 152 Å². The van der Waals surface area contributed by atoms with Gasteiger partial charge in [-0.2, -0.15) is 0 Å². The summed E-state index contributed by atoms with van der Waals surface area (Å²) in [6, 6.07) is 11.9. The summed E-state index contributed by atoms with van der Waals surface area (Å²) < 4.78 is 11.2. The number of anilines is 1. The quantitative estimate of drug-likeness (QED) is 0.620. The van der Waals surface area contributed by atoms with Crippen LogP contribution in [-0.2, 0) is 9.53 Å². The van der Waals surface area contributed by atoms with E-state index in [-0.39, 0.29) is 22.6 Å².